The third-order valence-corrected chi connectivity index (χ3v) is 12.3. The zero-order valence-corrected chi connectivity index (χ0v) is 37.3. The first-order valence-electron chi connectivity index (χ1n) is 20.1. The van der Waals surface area contributed by atoms with Gasteiger partial charge in [-0.1, -0.05) is 79.2 Å². The number of rotatable bonds is 22. The molecule has 2 rings (SSSR count). The Hall–Kier alpha value is -3.60. The molecule has 0 unspecified atom stereocenters. The minimum atomic E-state index is -4.08. The zero-order valence-electron chi connectivity index (χ0n) is 36.5. The maximum atomic E-state index is 14.2. The number of sulfonamides is 1. The third kappa shape index (κ3) is 14.0. The number of nitrogens with zero attached hydrogens (tertiary/aromatic N) is 3. The Morgan fingerprint density at radius 1 is 0.895 bits per heavy atom. The van der Waals surface area contributed by atoms with E-state index in [-0.39, 0.29) is 47.8 Å². The fraction of sp³-hybridized carbons (Fsp3) is 0.732. The number of hydrogen-bond acceptors (Lipinski definition) is 10. The van der Waals surface area contributed by atoms with E-state index in [9.17, 15) is 32.4 Å². The third-order valence-electron chi connectivity index (χ3n) is 11.1. The van der Waals surface area contributed by atoms with Crippen LogP contribution in [0, 0.1) is 23.7 Å². The van der Waals surface area contributed by atoms with Crippen LogP contribution < -0.4 is 15.4 Å². The molecule has 1 aliphatic heterocycles. The van der Waals surface area contributed by atoms with Gasteiger partial charge in [0.15, 0.2) is 0 Å². The van der Waals surface area contributed by atoms with Crippen LogP contribution in [0.5, 0.6) is 0 Å². The molecular formula is C41H70N6O9S. The van der Waals surface area contributed by atoms with Crippen molar-refractivity contribution in [2.75, 3.05) is 41.9 Å². The quantitative estimate of drug-likeness (QED) is 0.157. The average molecular weight is 823 g/mol. The highest BCUT2D eigenvalue weighted by Gasteiger charge is 2.43. The second kappa shape index (κ2) is 22.5. The first kappa shape index (κ1) is 49.5. The van der Waals surface area contributed by atoms with Gasteiger partial charge < -0.3 is 29.9 Å². The largest absolute Gasteiger partial charge is 0.379 e. The van der Waals surface area contributed by atoms with E-state index in [4.69, 9.17) is 9.47 Å². The van der Waals surface area contributed by atoms with Crippen LogP contribution >= 0.6 is 0 Å². The van der Waals surface area contributed by atoms with Gasteiger partial charge in [0.05, 0.1) is 48.4 Å². The molecule has 0 saturated carbocycles. The fourth-order valence-corrected chi connectivity index (χ4v) is 9.09. The molecule has 15 nitrogen and oxygen atoms in total. The lowest BCUT2D eigenvalue weighted by Crippen LogP contribution is -2.59. The predicted octanol–water partition coefficient (Wildman–Crippen LogP) is 2.92. The van der Waals surface area contributed by atoms with E-state index in [1.165, 1.54) is 21.1 Å². The van der Waals surface area contributed by atoms with Gasteiger partial charge in [-0.3, -0.25) is 33.6 Å². The monoisotopic (exact) mass is 822 g/mol. The SMILES string of the molecule is CC[C@H](C)[C@@H]([C@@H](CC(=O)N1CCC[C@H]1[C@H](OC)[C@@H](C)C(=O)NS(=O)(=O)Cc1ccc(CNC(C)=O)cc1)OC)N(C)C(=O)[C@@H](NC(=O)[C@H](C(C)C)N(C)C)C(C)C. The topological polar surface area (TPSA) is 184 Å². The molecule has 1 aromatic rings. The van der Waals surface area contributed by atoms with Gasteiger partial charge in [0.25, 0.3) is 0 Å². The van der Waals surface area contributed by atoms with Gasteiger partial charge in [-0.05, 0) is 55.8 Å². The summed E-state index contributed by atoms with van der Waals surface area (Å²) in [5.74, 6) is -3.27. The van der Waals surface area contributed by atoms with Crippen molar-refractivity contribution in [3.8, 4) is 0 Å². The number of ether oxygens (including phenoxy) is 2. The molecule has 8 atom stereocenters. The van der Waals surface area contributed by atoms with Crippen molar-refractivity contribution in [2.45, 2.75) is 130 Å². The number of likely N-dealkylation sites (tertiary alicyclic amines) is 1. The van der Waals surface area contributed by atoms with E-state index in [1.807, 2.05) is 60.5 Å². The second-order valence-electron chi connectivity index (χ2n) is 16.4. The van der Waals surface area contributed by atoms with Crippen LogP contribution in [0.4, 0.5) is 0 Å². The lowest BCUT2D eigenvalue weighted by molar-refractivity contribution is -0.148. The van der Waals surface area contributed by atoms with Gasteiger partial charge in [-0.15, -0.1) is 0 Å². The summed E-state index contributed by atoms with van der Waals surface area (Å²) < 4.78 is 40.1. The summed E-state index contributed by atoms with van der Waals surface area (Å²) >= 11 is 0. The van der Waals surface area contributed by atoms with Crippen LogP contribution in [-0.2, 0) is 55.8 Å². The van der Waals surface area contributed by atoms with Gasteiger partial charge in [0.1, 0.15) is 6.04 Å². The van der Waals surface area contributed by atoms with Crippen LogP contribution in [0.2, 0.25) is 0 Å². The maximum absolute atomic E-state index is 14.2. The molecule has 1 aliphatic rings. The van der Waals surface area contributed by atoms with E-state index in [0.29, 0.717) is 37.9 Å². The highest BCUT2D eigenvalue weighted by atomic mass is 32.2. The summed E-state index contributed by atoms with van der Waals surface area (Å²) in [6.07, 6.45) is 0.354. The summed E-state index contributed by atoms with van der Waals surface area (Å²) in [6, 6.07) is 4.45. The smallest absolute Gasteiger partial charge is 0.245 e. The van der Waals surface area contributed by atoms with Gasteiger partial charge in [-0.25, -0.2) is 8.42 Å². The van der Waals surface area contributed by atoms with E-state index >= 15 is 0 Å². The van der Waals surface area contributed by atoms with Gasteiger partial charge in [0.2, 0.25) is 39.6 Å². The molecule has 3 N–H and O–H groups in total. The Morgan fingerprint density at radius 3 is 1.98 bits per heavy atom. The lowest BCUT2D eigenvalue weighted by Gasteiger charge is -2.41. The predicted molar refractivity (Wildman–Crippen MR) is 220 cm³/mol. The zero-order chi connectivity index (χ0) is 43.4. The number of benzene rings is 1. The van der Waals surface area contributed by atoms with E-state index in [2.05, 4.69) is 15.4 Å². The van der Waals surface area contributed by atoms with Gasteiger partial charge in [0, 0.05) is 41.3 Å². The van der Waals surface area contributed by atoms with Crippen molar-refractivity contribution >= 4 is 39.6 Å². The van der Waals surface area contributed by atoms with Crippen molar-refractivity contribution in [2.24, 2.45) is 23.7 Å². The fourth-order valence-electron chi connectivity index (χ4n) is 7.89. The first-order valence-corrected chi connectivity index (χ1v) is 21.7. The summed E-state index contributed by atoms with van der Waals surface area (Å²) in [5, 5.41) is 5.70. The number of amides is 5. The Bertz CT molecular complexity index is 1600. The standard InChI is InChI=1S/C41H70N6O9S/c1-14-27(6)37(46(11)41(52)35(25(2)3)43-40(51)36(26(4)5)45(9)10)33(55-12)22-34(49)47-21-15-16-32(47)38(56-13)28(7)39(50)44-57(53,54)24-31-19-17-30(18-20-31)23-42-29(8)48/h17-20,25-28,32-33,35-38H,14-16,21-24H2,1-13H3,(H,42,48)(H,43,51)(H,44,50)/t27-,28+,32-,33+,35-,36-,37-,38+/m0/s1. The lowest BCUT2D eigenvalue weighted by atomic mass is 9.89. The van der Waals surface area contributed by atoms with Crippen LogP contribution in [0.25, 0.3) is 0 Å². The molecule has 16 heteroatoms. The van der Waals surface area contributed by atoms with Crippen LogP contribution in [0.1, 0.15) is 92.2 Å². The van der Waals surface area contributed by atoms with Crippen molar-refractivity contribution in [3.05, 3.63) is 35.4 Å². The summed E-state index contributed by atoms with van der Waals surface area (Å²) in [4.78, 5) is 71.6. The molecule has 1 aromatic carbocycles. The van der Waals surface area contributed by atoms with E-state index in [0.717, 1.165) is 5.56 Å². The molecule has 1 fully saturated rings. The van der Waals surface area contributed by atoms with Crippen molar-refractivity contribution in [3.63, 3.8) is 0 Å². The Labute approximate surface area is 341 Å². The number of hydrogen-bond donors (Lipinski definition) is 3. The molecule has 0 aliphatic carbocycles. The first-order chi connectivity index (χ1) is 26.6. The van der Waals surface area contributed by atoms with E-state index in [1.54, 1.807) is 48.0 Å². The highest BCUT2D eigenvalue weighted by molar-refractivity contribution is 7.89. The molecule has 0 radical (unpaired) electrons. The van der Waals surface area contributed by atoms with Crippen molar-refractivity contribution in [1.82, 2.24) is 30.1 Å². The number of nitrogens with one attached hydrogen (secondary N) is 3. The molecule has 0 bridgehead atoms. The molecular weight excluding hydrogens is 753 g/mol. The number of methoxy groups -OCH3 is 2. The molecule has 324 valence electrons. The second-order valence-corrected chi connectivity index (χ2v) is 18.1. The molecule has 57 heavy (non-hydrogen) atoms. The van der Waals surface area contributed by atoms with Gasteiger partial charge in [-0.2, -0.15) is 0 Å². The van der Waals surface area contributed by atoms with Crippen molar-refractivity contribution < 1.29 is 41.9 Å². The molecule has 1 saturated heterocycles. The van der Waals surface area contributed by atoms with Crippen LogP contribution in [-0.4, -0.2) is 131 Å². The molecule has 0 spiro atoms. The highest BCUT2D eigenvalue weighted by Crippen LogP contribution is 2.30. The minimum absolute atomic E-state index is 0.0213. The van der Waals surface area contributed by atoms with E-state index < -0.39 is 64.0 Å². The normalized spacial score (nSPS) is 18.4. The Morgan fingerprint density at radius 2 is 1.49 bits per heavy atom. The average Bonchev–Trinajstić information content (AvgIpc) is 3.61. The molecule has 0 aromatic heterocycles. The summed E-state index contributed by atoms with van der Waals surface area (Å²) in [6.45, 7) is 15.4. The van der Waals surface area contributed by atoms with Crippen LogP contribution in [0.15, 0.2) is 24.3 Å². The van der Waals surface area contributed by atoms with Crippen molar-refractivity contribution in [1.29, 1.82) is 0 Å². The number of carbonyl (C=O) groups is 5. The summed E-state index contributed by atoms with van der Waals surface area (Å²) in [5.41, 5.74) is 1.27. The molecule has 1 heterocycles. The Balaban J connectivity index is 2.23. The number of carbonyl (C=O) groups excluding carboxylic acids is 5. The summed E-state index contributed by atoms with van der Waals surface area (Å²) in [7, 11) is 4.25. The molecule has 5 amide bonds. The van der Waals surface area contributed by atoms with Crippen LogP contribution in [0.3, 0.4) is 0 Å². The maximum Gasteiger partial charge on any atom is 0.245 e. The Kier molecular flexibility index (Phi) is 19.6. The minimum Gasteiger partial charge on any atom is -0.379 e. The van der Waals surface area contributed by atoms with Gasteiger partial charge >= 0.3 is 0 Å². The number of likely N-dealkylation sites (N-methyl/N-ethyl adjacent to an activating group) is 2.